The number of nitrogens with one attached hydrogen (secondary N) is 2. The molecule has 0 aliphatic rings. The van der Waals surface area contributed by atoms with Crippen LogP contribution in [0.15, 0.2) is 78.9 Å². The van der Waals surface area contributed by atoms with Crippen molar-refractivity contribution in [2.75, 3.05) is 13.7 Å². The zero-order valence-corrected chi connectivity index (χ0v) is 22.9. The summed E-state index contributed by atoms with van der Waals surface area (Å²) in [6.07, 6.45) is 1.35. The maximum atomic E-state index is 13.3. The molecule has 0 spiro atoms. The minimum absolute atomic E-state index is 0.0402. The van der Waals surface area contributed by atoms with E-state index in [1.807, 2.05) is 68.4 Å². The number of hydrogen-bond donors (Lipinski definition) is 3. The smallest absolute Gasteiger partial charge is 0.306 e. The van der Waals surface area contributed by atoms with Gasteiger partial charge in [-0.15, -0.1) is 0 Å². The molecule has 3 aromatic rings. The summed E-state index contributed by atoms with van der Waals surface area (Å²) in [5, 5.41) is 15.3. The summed E-state index contributed by atoms with van der Waals surface area (Å²) >= 11 is 0. The Kier molecular flexibility index (Phi) is 11.1. The molecule has 0 unspecified atom stereocenters. The topological polar surface area (TPSA) is 105 Å². The number of methoxy groups -OCH3 is 1. The van der Waals surface area contributed by atoms with Crippen molar-refractivity contribution in [3.05, 3.63) is 90.0 Å². The number of rotatable bonds is 13. The summed E-state index contributed by atoms with van der Waals surface area (Å²) < 4.78 is 4.80. The molecular weight excluding hydrogens is 492 g/mol. The standard InChI is InChI=1S/C32H38N2O5/c1-22(2)19-27(21-30(36)39-3)31(37)34-29(32(38)33-18-17-23-11-15-28(35)16-12-23)20-24-9-13-26(14-10-24)25-7-5-4-6-8-25/h4-16,22,27,29,35H,17-21H2,1-3H3,(H,33,38)(H,34,37)/t27-,29-/m0/s1. The van der Waals surface area contributed by atoms with E-state index in [2.05, 4.69) is 10.6 Å². The van der Waals surface area contributed by atoms with Crippen LogP contribution in [-0.2, 0) is 32.0 Å². The van der Waals surface area contributed by atoms with Crippen molar-refractivity contribution < 1.29 is 24.2 Å². The second-order valence-electron chi connectivity index (χ2n) is 10.1. The lowest BCUT2D eigenvalue weighted by Crippen LogP contribution is -2.50. The lowest BCUT2D eigenvalue weighted by molar-refractivity contribution is -0.144. The lowest BCUT2D eigenvalue weighted by Gasteiger charge is -2.23. The molecular formula is C32H38N2O5. The normalized spacial score (nSPS) is 12.4. The van der Waals surface area contributed by atoms with Gasteiger partial charge in [0.2, 0.25) is 11.8 Å². The fourth-order valence-electron chi connectivity index (χ4n) is 4.45. The number of carbonyl (C=O) groups is 3. The number of ether oxygens (including phenoxy) is 1. The van der Waals surface area contributed by atoms with E-state index in [-0.39, 0.29) is 29.9 Å². The number of hydrogen-bond acceptors (Lipinski definition) is 5. The number of esters is 1. The van der Waals surface area contributed by atoms with Crippen LogP contribution in [-0.4, -0.2) is 42.6 Å². The van der Waals surface area contributed by atoms with Gasteiger partial charge in [0, 0.05) is 18.9 Å². The van der Waals surface area contributed by atoms with E-state index in [0.717, 1.165) is 22.3 Å². The van der Waals surface area contributed by atoms with E-state index in [1.165, 1.54) is 7.11 Å². The number of phenols is 1. The molecule has 7 nitrogen and oxygen atoms in total. The summed E-state index contributed by atoms with van der Waals surface area (Å²) in [6, 6.07) is 24.0. The molecule has 0 radical (unpaired) electrons. The molecule has 0 saturated heterocycles. The third kappa shape index (κ3) is 9.60. The number of amides is 2. The van der Waals surface area contributed by atoms with Gasteiger partial charge in [-0.1, -0.05) is 80.6 Å². The minimum Gasteiger partial charge on any atom is -0.508 e. The molecule has 0 saturated carbocycles. The second kappa shape index (κ2) is 14.7. The predicted molar refractivity (Wildman–Crippen MR) is 152 cm³/mol. The van der Waals surface area contributed by atoms with E-state index in [0.29, 0.717) is 25.8 Å². The van der Waals surface area contributed by atoms with Gasteiger partial charge in [0.05, 0.1) is 13.5 Å². The highest BCUT2D eigenvalue weighted by Crippen LogP contribution is 2.21. The van der Waals surface area contributed by atoms with Gasteiger partial charge in [-0.25, -0.2) is 0 Å². The van der Waals surface area contributed by atoms with Crippen LogP contribution in [0.2, 0.25) is 0 Å². The molecule has 39 heavy (non-hydrogen) atoms. The third-order valence-corrected chi connectivity index (χ3v) is 6.55. The summed E-state index contributed by atoms with van der Waals surface area (Å²) in [4.78, 5) is 38.5. The Hall–Kier alpha value is -4.13. The van der Waals surface area contributed by atoms with Gasteiger partial charge < -0.3 is 20.5 Å². The molecule has 0 heterocycles. The van der Waals surface area contributed by atoms with Gasteiger partial charge in [-0.2, -0.15) is 0 Å². The fraction of sp³-hybridized carbons (Fsp3) is 0.344. The van der Waals surface area contributed by atoms with Crippen LogP contribution in [0.4, 0.5) is 0 Å². The first-order chi connectivity index (χ1) is 18.7. The maximum absolute atomic E-state index is 13.3. The molecule has 0 aliphatic heterocycles. The van der Waals surface area contributed by atoms with Crippen molar-refractivity contribution in [3.8, 4) is 16.9 Å². The summed E-state index contributed by atoms with van der Waals surface area (Å²) in [7, 11) is 1.30. The summed E-state index contributed by atoms with van der Waals surface area (Å²) in [5.41, 5.74) is 4.04. The molecule has 3 aromatic carbocycles. The maximum Gasteiger partial charge on any atom is 0.306 e. The van der Waals surface area contributed by atoms with Crippen molar-refractivity contribution in [1.29, 1.82) is 0 Å². The van der Waals surface area contributed by atoms with Crippen molar-refractivity contribution in [3.63, 3.8) is 0 Å². The number of aromatic hydroxyl groups is 1. The molecule has 2 amide bonds. The van der Waals surface area contributed by atoms with Crippen LogP contribution in [0.3, 0.4) is 0 Å². The zero-order valence-electron chi connectivity index (χ0n) is 22.9. The molecule has 2 atom stereocenters. The van der Waals surface area contributed by atoms with E-state index in [9.17, 15) is 19.5 Å². The lowest BCUT2D eigenvalue weighted by atomic mass is 9.92. The molecule has 7 heteroatoms. The Bertz CT molecular complexity index is 1210. The minimum atomic E-state index is -0.813. The van der Waals surface area contributed by atoms with E-state index in [4.69, 9.17) is 4.74 Å². The molecule has 0 bridgehead atoms. The average molecular weight is 531 g/mol. The van der Waals surface area contributed by atoms with Crippen LogP contribution >= 0.6 is 0 Å². The quantitative estimate of drug-likeness (QED) is 0.279. The molecule has 206 valence electrons. The monoisotopic (exact) mass is 530 g/mol. The van der Waals surface area contributed by atoms with Crippen molar-refractivity contribution in [1.82, 2.24) is 10.6 Å². The molecule has 0 aromatic heterocycles. The third-order valence-electron chi connectivity index (χ3n) is 6.55. The highest BCUT2D eigenvalue weighted by molar-refractivity contribution is 5.90. The number of phenolic OH excluding ortho intramolecular Hbond substituents is 1. The molecule has 0 fully saturated rings. The molecule has 3 N–H and O–H groups in total. The van der Waals surface area contributed by atoms with E-state index >= 15 is 0 Å². The Labute approximate surface area is 230 Å². The first-order valence-electron chi connectivity index (χ1n) is 13.3. The van der Waals surface area contributed by atoms with Crippen molar-refractivity contribution in [2.24, 2.45) is 11.8 Å². The first kappa shape index (κ1) is 29.4. The van der Waals surface area contributed by atoms with Crippen LogP contribution in [0.25, 0.3) is 11.1 Å². The summed E-state index contributed by atoms with van der Waals surface area (Å²) in [5.74, 6) is -1.31. The first-order valence-corrected chi connectivity index (χ1v) is 13.3. The zero-order chi connectivity index (χ0) is 28.2. The number of carbonyl (C=O) groups excluding carboxylic acids is 3. The van der Waals surface area contributed by atoms with Gasteiger partial charge in [0.1, 0.15) is 11.8 Å². The van der Waals surface area contributed by atoms with Crippen LogP contribution in [0.5, 0.6) is 5.75 Å². The van der Waals surface area contributed by atoms with Crippen molar-refractivity contribution >= 4 is 17.8 Å². The Morgan fingerprint density at radius 3 is 2.05 bits per heavy atom. The Morgan fingerprint density at radius 2 is 1.44 bits per heavy atom. The van der Waals surface area contributed by atoms with Gasteiger partial charge >= 0.3 is 5.97 Å². The van der Waals surface area contributed by atoms with Gasteiger partial charge in [-0.05, 0) is 53.1 Å². The van der Waals surface area contributed by atoms with Crippen molar-refractivity contribution in [2.45, 2.75) is 45.6 Å². The van der Waals surface area contributed by atoms with Crippen LogP contribution in [0.1, 0.15) is 37.8 Å². The van der Waals surface area contributed by atoms with Crippen LogP contribution < -0.4 is 10.6 Å². The average Bonchev–Trinajstić information content (AvgIpc) is 2.93. The van der Waals surface area contributed by atoms with Gasteiger partial charge in [-0.3, -0.25) is 14.4 Å². The Morgan fingerprint density at radius 1 is 0.821 bits per heavy atom. The molecule has 0 aliphatic carbocycles. The van der Waals surface area contributed by atoms with Gasteiger partial charge in [0.25, 0.3) is 0 Å². The van der Waals surface area contributed by atoms with E-state index in [1.54, 1.807) is 24.3 Å². The predicted octanol–water partition coefficient (Wildman–Crippen LogP) is 4.67. The largest absolute Gasteiger partial charge is 0.508 e. The Balaban J connectivity index is 1.73. The molecule has 3 rings (SSSR count). The van der Waals surface area contributed by atoms with Crippen LogP contribution in [0, 0.1) is 11.8 Å². The second-order valence-corrected chi connectivity index (χ2v) is 10.1. The SMILES string of the molecule is COC(=O)C[C@H](CC(C)C)C(=O)N[C@@H](Cc1ccc(-c2ccccc2)cc1)C(=O)NCCc1ccc(O)cc1. The summed E-state index contributed by atoms with van der Waals surface area (Å²) in [6.45, 7) is 4.35. The van der Waals surface area contributed by atoms with Gasteiger partial charge in [0.15, 0.2) is 0 Å². The highest BCUT2D eigenvalue weighted by Gasteiger charge is 2.28. The fourth-order valence-corrected chi connectivity index (χ4v) is 4.45. The number of benzene rings is 3. The van der Waals surface area contributed by atoms with E-state index < -0.39 is 17.9 Å². The highest BCUT2D eigenvalue weighted by atomic mass is 16.5.